The summed E-state index contributed by atoms with van der Waals surface area (Å²) in [4.78, 5) is 26.4. The van der Waals surface area contributed by atoms with Gasteiger partial charge in [0.2, 0.25) is 0 Å². The number of hydrogen-bond acceptors (Lipinski definition) is 5. The van der Waals surface area contributed by atoms with Crippen molar-refractivity contribution < 1.29 is 23.8 Å². The van der Waals surface area contributed by atoms with Crippen molar-refractivity contribution in [2.75, 3.05) is 32.3 Å². The highest BCUT2D eigenvalue weighted by Crippen LogP contribution is 2.40. The van der Waals surface area contributed by atoms with E-state index in [0.29, 0.717) is 34.0 Å². The number of anilines is 1. The van der Waals surface area contributed by atoms with Crippen molar-refractivity contribution >= 4 is 45.1 Å². The fourth-order valence-corrected chi connectivity index (χ4v) is 3.71. The third-order valence-electron chi connectivity index (χ3n) is 4.66. The minimum atomic E-state index is -0.488. The number of esters is 1. The van der Waals surface area contributed by atoms with Crippen molar-refractivity contribution in [3.8, 4) is 11.5 Å². The minimum absolute atomic E-state index is 0.0261. The van der Waals surface area contributed by atoms with E-state index < -0.39 is 5.97 Å². The fourth-order valence-electron chi connectivity index (χ4n) is 3.28. The maximum absolute atomic E-state index is 13.2. The highest BCUT2D eigenvalue weighted by molar-refractivity contribution is 9.10. The quantitative estimate of drug-likeness (QED) is 0.435. The van der Waals surface area contributed by atoms with Crippen LogP contribution in [0.5, 0.6) is 11.5 Å². The first-order valence-electron chi connectivity index (χ1n) is 9.55. The van der Waals surface area contributed by atoms with Gasteiger partial charge in [0.15, 0.2) is 18.1 Å². The van der Waals surface area contributed by atoms with Gasteiger partial charge in [0.25, 0.3) is 5.91 Å². The molecule has 0 aromatic heterocycles. The smallest absolute Gasteiger partial charge is 0.343 e. The molecule has 0 atom stereocenters. The van der Waals surface area contributed by atoms with Gasteiger partial charge < -0.3 is 19.1 Å². The molecule has 0 N–H and O–H groups in total. The highest BCUT2D eigenvalue weighted by atomic mass is 79.9. The summed E-state index contributed by atoms with van der Waals surface area (Å²) >= 11 is 3.54. The van der Waals surface area contributed by atoms with E-state index in [1.165, 1.54) is 14.2 Å². The second-order valence-corrected chi connectivity index (χ2v) is 8.13. The molecule has 6 nitrogen and oxygen atoms in total. The first-order valence-corrected chi connectivity index (χ1v) is 10.3. The summed E-state index contributed by atoms with van der Waals surface area (Å²) in [6.07, 6.45) is 1.85. The number of benzene rings is 2. The van der Waals surface area contributed by atoms with Gasteiger partial charge in [-0.15, -0.1) is 0 Å². The van der Waals surface area contributed by atoms with E-state index in [1.54, 1.807) is 12.1 Å². The van der Waals surface area contributed by atoms with Crippen LogP contribution in [0.1, 0.15) is 25.0 Å². The van der Waals surface area contributed by atoms with Gasteiger partial charge in [-0.25, -0.2) is 4.79 Å². The number of halogens is 1. The van der Waals surface area contributed by atoms with Crippen LogP contribution in [-0.2, 0) is 14.3 Å². The van der Waals surface area contributed by atoms with Gasteiger partial charge in [-0.3, -0.25) is 4.79 Å². The lowest BCUT2D eigenvalue weighted by molar-refractivity contribution is -0.142. The summed E-state index contributed by atoms with van der Waals surface area (Å²) in [5.74, 6) is 0.683. The van der Waals surface area contributed by atoms with Gasteiger partial charge in [-0.1, -0.05) is 48.0 Å². The Hall–Kier alpha value is -2.80. The lowest BCUT2D eigenvalue weighted by Gasteiger charge is -2.19. The maximum atomic E-state index is 13.2. The van der Waals surface area contributed by atoms with E-state index in [4.69, 9.17) is 9.47 Å². The predicted octanol–water partition coefficient (Wildman–Crippen LogP) is 4.55. The maximum Gasteiger partial charge on any atom is 0.343 e. The Bertz CT molecular complexity index is 999. The van der Waals surface area contributed by atoms with Crippen LogP contribution in [-0.4, -0.2) is 39.2 Å². The van der Waals surface area contributed by atoms with Gasteiger partial charge in [-0.2, -0.15) is 0 Å². The van der Waals surface area contributed by atoms with Gasteiger partial charge in [0.1, 0.15) is 0 Å². The third kappa shape index (κ3) is 4.51. The van der Waals surface area contributed by atoms with Gasteiger partial charge in [0.05, 0.1) is 19.9 Å². The highest BCUT2D eigenvalue weighted by Gasteiger charge is 2.32. The van der Waals surface area contributed by atoms with Gasteiger partial charge in [0, 0.05) is 22.2 Å². The number of amides is 1. The number of hydrogen-bond donors (Lipinski definition) is 0. The largest absolute Gasteiger partial charge is 0.493 e. The first-order chi connectivity index (χ1) is 14.3. The number of nitrogens with zero attached hydrogens (tertiary/aromatic N) is 1. The fraction of sp³-hybridized carbons (Fsp3) is 0.304. The second kappa shape index (κ2) is 9.34. The van der Waals surface area contributed by atoms with Crippen LogP contribution < -0.4 is 14.4 Å². The molecule has 0 fully saturated rings. The van der Waals surface area contributed by atoms with Crippen LogP contribution in [0.4, 0.5) is 5.69 Å². The Kier molecular flexibility index (Phi) is 6.82. The molecule has 1 amide bonds. The van der Waals surface area contributed by atoms with Crippen molar-refractivity contribution in [1.82, 2.24) is 0 Å². The molecule has 2 aromatic carbocycles. The van der Waals surface area contributed by atoms with E-state index in [2.05, 4.69) is 34.5 Å². The van der Waals surface area contributed by atoms with Crippen LogP contribution >= 0.6 is 15.9 Å². The lowest BCUT2D eigenvalue weighted by atomic mass is 10.0. The second-order valence-electron chi connectivity index (χ2n) is 7.27. The molecule has 0 aliphatic carbocycles. The van der Waals surface area contributed by atoms with E-state index in [-0.39, 0.29) is 12.5 Å². The molecule has 2 aromatic rings. The molecule has 0 saturated heterocycles. The molecule has 0 unspecified atom stereocenters. The molecule has 0 spiro atoms. The molecular weight excluding hydrogens is 450 g/mol. The summed E-state index contributed by atoms with van der Waals surface area (Å²) in [5.41, 5.74) is 3.21. The molecule has 1 aliphatic heterocycles. The third-order valence-corrected chi connectivity index (χ3v) is 5.35. The van der Waals surface area contributed by atoms with Crippen molar-refractivity contribution in [1.29, 1.82) is 0 Å². The molecule has 3 rings (SSSR count). The van der Waals surface area contributed by atoms with E-state index >= 15 is 0 Å². The number of carbonyl (C=O) groups excluding carboxylic acids is 2. The summed E-state index contributed by atoms with van der Waals surface area (Å²) in [7, 11) is 2.82. The van der Waals surface area contributed by atoms with Crippen LogP contribution in [0.3, 0.4) is 0 Å². The van der Waals surface area contributed by atoms with Crippen molar-refractivity contribution in [2.45, 2.75) is 13.8 Å². The molecule has 1 aliphatic rings. The Morgan fingerprint density at radius 1 is 1.17 bits per heavy atom. The molecule has 7 heteroatoms. The van der Waals surface area contributed by atoms with Crippen LogP contribution in [0.2, 0.25) is 0 Å². The number of carbonyl (C=O) groups is 2. The summed E-state index contributed by atoms with van der Waals surface area (Å²) in [6.45, 7) is 4.60. The molecule has 0 radical (unpaired) electrons. The van der Waals surface area contributed by atoms with Crippen molar-refractivity contribution in [3.05, 3.63) is 52.0 Å². The average Bonchev–Trinajstić information content (AvgIpc) is 2.98. The number of ether oxygens (including phenoxy) is 3. The minimum Gasteiger partial charge on any atom is -0.493 e. The molecule has 158 valence electrons. The van der Waals surface area contributed by atoms with E-state index in [0.717, 1.165) is 16.8 Å². The molecule has 30 heavy (non-hydrogen) atoms. The average molecular weight is 474 g/mol. The Morgan fingerprint density at radius 3 is 2.57 bits per heavy atom. The Balaban J connectivity index is 2.00. The van der Waals surface area contributed by atoms with E-state index in [9.17, 15) is 9.59 Å². The van der Waals surface area contributed by atoms with E-state index in [1.807, 2.05) is 35.2 Å². The zero-order chi connectivity index (χ0) is 21.8. The Morgan fingerprint density at radius 2 is 1.90 bits per heavy atom. The van der Waals surface area contributed by atoms with Crippen molar-refractivity contribution in [3.63, 3.8) is 0 Å². The molecule has 0 saturated carbocycles. The number of para-hydroxylation sites is 1. The molecule has 1 heterocycles. The van der Waals surface area contributed by atoms with Crippen LogP contribution in [0.25, 0.3) is 11.6 Å². The molecule has 0 bridgehead atoms. The normalized spacial score (nSPS) is 14.3. The molecular formula is C23H24BrNO5. The zero-order valence-corrected chi connectivity index (χ0v) is 19.0. The monoisotopic (exact) mass is 473 g/mol. The van der Waals surface area contributed by atoms with Crippen molar-refractivity contribution in [2.24, 2.45) is 5.92 Å². The number of rotatable bonds is 7. The SMILES string of the molecule is COC(=O)COc1cc(Br)c(/C=C2\C(=O)N(CC(C)C)c3ccccc32)cc1OC. The van der Waals surface area contributed by atoms with Crippen LogP contribution in [0, 0.1) is 5.92 Å². The lowest BCUT2D eigenvalue weighted by Crippen LogP contribution is -2.30. The predicted molar refractivity (Wildman–Crippen MR) is 120 cm³/mol. The first kappa shape index (κ1) is 21.9. The number of fused-ring (bicyclic) bond motifs is 1. The standard InChI is InChI=1S/C23H24BrNO5/c1-14(2)12-25-19-8-6-5-7-16(19)17(23(25)27)9-15-10-20(28-3)21(11-18(15)24)30-13-22(26)29-4/h5-11,14H,12-13H2,1-4H3/b17-9-. The number of methoxy groups -OCH3 is 2. The Labute approximate surface area is 184 Å². The summed E-state index contributed by atoms with van der Waals surface area (Å²) in [5, 5.41) is 0. The topological polar surface area (TPSA) is 65.1 Å². The van der Waals surface area contributed by atoms with Gasteiger partial charge in [-0.05, 0) is 35.8 Å². The van der Waals surface area contributed by atoms with Gasteiger partial charge >= 0.3 is 5.97 Å². The van der Waals surface area contributed by atoms with Crippen LogP contribution in [0.15, 0.2) is 40.9 Å². The zero-order valence-electron chi connectivity index (χ0n) is 17.4. The summed E-state index contributed by atoms with van der Waals surface area (Å²) < 4.78 is 16.2. The summed E-state index contributed by atoms with van der Waals surface area (Å²) in [6, 6.07) is 11.3.